The molecule has 0 radical (unpaired) electrons. The van der Waals surface area contributed by atoms with E-state index in [9.17, 15) is 0 Å². The highest BCUT2D eigenvalue weighted by Crippen LogP contribution is 2.16. The largest absolute Gasteiger partial charge is 0.147 e. The molecule has 0 aliphatic carbocycles. The number of rotatable bonds is 0. The minimum Gasteiger partial charge on any atom is -0.147 e. The Balaban J connectivity index is 0. The second kappa shape index (κ2) is 2.95. The van der Waals surface area contributed by atoms with E-state index in [2.05, 4.69) is 0 Å². The van der Waals surface area contributed by atoms with Gasteiger partial charge in [-0.15, -0.1) is 35.6 Å². The van der Waals surface area contributed by atoms with Crippen molar-refractivity contribution < 1.29 is 0 Å². The predicted octanol–water partition coefficient (Wildman–Crippen LogP) is 2.62. The Morgan fingerprint density at radius 3 is 1.17 bits per heavy atom. The van der Waals surface area contributed by atoms with E-state index in [-0.39, 0.29) is 12.4 Å². The maximum Gasteiger partial charge on any atom is 0.112 e. The van der Waals surface area contributed by atoms with Gasteiger partial charge in [0.05, 0.1) is 0 Å². The third-order valence-electron chi connectivity index (χ3n) is 0. The van der Waals surface area contributed by atoms with Gasteiger partial charge in [-0.2, -0.15) is 0 Å². The van der Waals surface area contributed by atoms with Crippen molar-refractivity contribution in [3.8, 4) is 0 Å². The fourth-order valence-corrected chi connectivity index (χ4v) is 0. The van der Waals surface area contributed by atoms with E-state index in [0.29, 0.717) is 0 Å². The van der Waals surface area contributed by atoms with Crippen molar-refractivity contribution in [1.82, 2.24) is 0 Å². The lowest BCUT2D eigenvalue weighted by molar-refractivity contribution is 0.995. The van der Waals surface area contributed by atoms with Gasteiger partial charge < -0.3 is 0 Å². The minimum atomic E-state index is -0.556. The fraction of sp³-hybridized carbons (Fsp3) is 1.00. The minimum absolute atomic E-state index is 0. The van der Waals surface area contributed by atoms with E-state index in [4.69, 9.17) is 23.2 Å². The smallest absolute Gasteiger partial charge is 0.112 e. The lowest BCUT2D eigenvalue weighted by Crippen LogP contribution is -1.93. The average Bonchev–Trinajstić information content (AvgIpc) is 0.722. The Hall–Kier alpha value is 0.870. The van der Waals surface area contributed by atoms with Crippen LogP contribution in [0.4, 0.5) is 0 Å². The molecular weight excluding hydrogens is 142 g/mol. The molecule has 6 heavy (non-hydrogen) atoms. The van der Waals surface area contributed by atoms with Gasteiger partial charge in [0.25, 0.3) is 0 Å². The Labute approximate surface area is 54.2 Å². The summed E-state index contributed by atoms with van der Waals surface area (Å²) in [5.41, 5.74) is 0. The van der Waals surface area contributed by atoms with Crippen LogP contribution in [-0.2, 0) is 0 Å². The Morgan fingerprint density at radius 1 is 1.17 bits per heavy atom. The van der Waals surface area contributed by atoms with Gasteiger partial charge in [-0.25, -0.2) is 0 Å². The Kier molecular flexibility index (Phi) is 4.91. The van der Waals surface area contributed by atoms with E-state index < -0.39 is 4.33 Å². The van der Waals surface area contributed by atoms with E-state index in [0.717, 1.165) is 0 Å². The summed E-state index contributed by atoms with van der Waals surface area (Å²) in [5, 5.41) is 0. The standard InChI is InChI=1S/C3H6Cl2.ClH/c1-3(2,4)5;/h1-2H3;1H. The molecule has 0 fully saturated rings. The normalized spacial score (nSPS) is 10.0. The summed E-state index contributed by atoms with van der Waals surface area (Å²) in [4.78, 5) is 0. The van der Waals surface area contributed by atoms with Gasteiger partial charge in [0.1, 0.15) is 4.33 Å². The summed E-state index contributed by atoms with van der Waals surface area (Å²) in [6, 6.07) is 0. The molecule has 0 rings (SSSR count). The first-order valence-electron chi connectivity index (χ1n) is 1.38. The number of alkyl halides is 2. The molecule has 0 aliphatic heterocycles. The first kappa shape index (κ1) is 9.98. The number of halogens is 3. The van der Waals surface area contributed by atoms with E-state index in [1.54, 1.807) is 13.8 Å². The molecule has 0 heterocycles. The van der Waals surface area contributed by atoms with Crippen LogP contribution in [0.25, 0.3) is 0 Å². The molecule has 0 spiro atoms. The van der Waals surface area contributed by atoms with Crippen molar-refractivity contribution in [3.63, 3.8) is 0 Å². The van der Waals surface area contributed by atoms with Gasteiger partial charge >= 0.3 is 0 Å². The molecule has 0 unspecified atom stereocenters. The maximum atomic E-state index is 5.30. The lowest BCUT2D eigenvalue weighted by atomic mass is 10.6. The molecule has 0 nitrogen and oxygen atoms in total. The molecule has 0 saturated carbocycles. The highest BCUT2D eigenvalue weighted by atomic mass is 35.5. The summed E-state index contributed by atoms with van der Waals surface area (Å²) in [6.45, 7) is 3.44. The van der Waals surface area contributed by atoms with Crippen LogP contribution in [0, 0.1) is 0 Å². The molecule has 0 aromatic heterocycles. The summed E-state index contributed by atoms with van der Waals surface area (Å²) in [7, 11) is 0. The zero-order chi connectivity index (χ0) is 4.50. The molecule has 0 saturated heterocycles. The zero-order valence-corrected chi connectivity index (χ0v) is 5.99. The second-order valence-electron chi connectivity index (χ2n) is 1.33. The van der Waals surface area contributed by atoms with Gasteiger partial charge in [0.15, 0.2) is 0 Å². The van der Waals surface area contributed by atoms with Gasteiger partial charge in [0.2, 0.25) is 0 Å². The van der Waals surface area contributed by atoms with Crippen molar-refractivity contribution in [3.05, 3.63) is 0 Å². The Bertz CT molecular complexity index is 21.5. The summed E-state index contributed by atoms with van der Waals surface area (Å²) < 4.78 is -0.556. The zero-order valence-electron chi connectivity index (χ0n) is 3.66. The quantitative estimate of drug-likeness (QED) is 0.465. The molecule has 0 aromatic rings. The third-order valence-corrected chi connectivity index (χ3v) is 0. The highest BCUT2D eigenvalue weighted by Gasteiger charge is 2.03. The summed E-state index contributed by atoms with van der Waals surface area (Å²) in [5.74, 6) is 0. The van der Waals surface area contributed by atoms with E-state index in [1.807, 2.05) is 0 Å². The first-order valence-corrected chi connectivity index (χ1v) is 2.13. The molecule has 0 atom stereocenters. The summed E-state index contributed by atoms with van der Waals surface area (Å²) in [6.07, 6.45) is 0. The van der Waals surface area contributed by atoms with Crippen LogP contribution >= 0.6 is 35.6 Å². The van der Waals surface area contributed by atoms with Crippen molar-refractivity contribution in [2.75, 3.05) is 0 Å². The number of hydrogen-bond donors (Lipinski definition) is 0. The monoisotopic (exact) mass is 148 g/mol. The fourth-order valence-electron chi connectivity index (χ4n) is 0. The van der Waals surface area contributed by atoms with Crippen molar-refractivity contribution >= 4 is 35.6 Å². The van der Waals surface area contributed by atoms with Gasteiger partial charge in [-0.05, 0) is 13.8 Å². The van der Waals surface area contributed by atoms with E-state index >= 15 is 0 Å². The van der Waals surface area contributed by atoms with Crippen LogP contribution < -0.4 is 0 Å². The van der Waals surface area contributed by atoms with Gasteiger partial charge in [-0.3, -0.25) is 0 Å². The topological polar surface area (TPSA) is 0 Å². The van der Waals surface area contributed by atoms with Crippen LogP contribution in [0.15, 0.2) is 0 Å². The van der Waals surface area contributed by atoms with Crippen molar-refractivity contribution in [2.24, 2.45) is 0 Å². The molecule has 0 aromatic carbocycles. The highest BCUT2D eigenvalue weighted by molar-refractivity contribution is 6.47. The molecule has 40 valence electrons. The van der Waals surface area contributed by atoms with Gasteiger partial charge in [-0.1, -0.05) is 0 Å². The molecule has 0 N–H and O–H groups in total. The van der Waals surface area contributed by atoms with Gasteiger partial charge in [0, 0.05) is 0 Å². The van der Waals surface area contributed by atoms with Crippen LogP contribution in [-0.4, -0.2) is 4.33 Å². The van der Waals surface area contributed by atoms with Crippen LogP contribution in [0.5, 0.6) is 0 Å². The SMILES string of the molecule is CC(C)(Cl)Cl.Cl. The maximum absolute atomic E-state index is 5.30. The van der Waals surface area contributed by atoms with Crippen molar-refractivity contribution in [2.45, 2.75) is 18.2 Å². The molecule has 3 heteroatoms. The predicted molar refractivity (Wildman–Crippen MR) is 33.0 cm³/mol. The molecule has 0 amide bonds. The first-order chi connectivity index (χ1) is 2.00. The lowest BCUT2D eigenvalue weighted by Gasteiger charge is -1.98. The van der Waals surface area contributed by atoms with Crippen LogP contribution in [0.1, 0.15) is 13.8 Å². The number of hydrogen-bond acceptors (Lipinski definition) is 0. The molecule has 0 bridgehead atoms. The average molecular weight is 149 g/mol. The Morgan fingerprint density at radius 2 is 1.17 bits per heavy atom. The van der Waals surface area contributed by atoms with Crippen LogP contribution in [0.3, 0.4) is 0 Å². The van der Waals surface area contributed by atoms with E-state index in [1.165, 1.54) is 0 Å². The third kappa shape index (κ3) is 96.4. The second-order valence-corrected chi connectivity index (χ2v) is 3.41. The molecule has 0 aliphatic rings. The molecular formula is C3H7Cl3. The van der Waals surface area contributed by atoms with Crippen LogP contribution in [0.2, 0.25) is 0 Å². The van der Waals surface area contributed by atoms with Crippen molar-refractivity contribution in [1.29, 1.82) is 0 Å². The summed E-state index contributed by atoms with van der Waals surface area (Å²) >= 11 is 10.6.